The van der Waals surface area contributed by atoms with E-state index in [0.717, 1.165) is 0 Å². The van der Waals surface area contributed by atoms with Gasteiger partial charge in [-0.15, -0.1) is 12.4 Å². The summed E-state index contributed by atoms with van der Waals surface area (Å²) in [4.78, 5) is 0. The Balaban J connectivity index is 0.00000112. The van der Waals surface area contributed by atoms with E-state index in [1.807, 2.05) is 6.07 Å². The van der Waals surface area contributed by atoms with Crippen molar-refractivity contribution in [3.63, 3.8) is 0 Å². The first-order valence-corrected chi connectivity index (χ1v) is 4.75. The number of benzene rings is 1. The van der Waals surface area contributed by atoms with Crippen LogP contribution in [-0.2, 0) is 5.54 Å². The Hall–Kier alpha value is -0.670. The quantitative estimate of drug-likeness (QED) is 0.787. The monoisotopic (exact) mass is 233 g/mol. The summed E-state index contributed by atoms with van der Waals surface area (Å²) in [7, 11) is 0. The standard InChI is InChI=1S/C11H13F2N.ClH/c1-10(9-5-3-2-4-6-9)11(12,13)7-8-14-10;/h2-6,14H,7-8H2,1H3;1H. The lowest BCUT2D eigenvalue weighted by Gasteiger charge is -2.31. The minimum atomic E-state index is -2.66. The van der Waals surface area contributed by atoms with Gasteiger partial charge in [0.15, 0.2) is 0 Å². The van der Waals surface area contributed by atoms with Gasteiger partial charge in [0.25, 0.3) is 5.92 Å². The summed E-state index contributed by atoms with van der Waals surface area (Å²) in [5.74, 6) is -2.66. The number of alkyl halides is 2. The van der Waals surface area contributed by atoms with Crippen LogP contribution < -0.4 is 5.32 Å². The third kappa shape index (κ3) is 1.86. The molecule has 0 radical (unpaired) electrons. The van der Waals surface area contributed by atoms with E-state index in [-0.39, 0.29) is 18.8 Å². The number of nitrogens with one attached hydrogen (secondary N) is 1. The van der Waals surface area contributed by atoms with Crippen molar-refractivity contribution in [2.75, 3.05) is 6.54 Å². The zero-order valence-electron chi connectivity index (χ0n) is 8.47. The van der Waals surface area contributed by atoms with Crippen LogP contribution in [0.3, 0.4) is 0 Å². The van der Waals surface area contributed by atoms with Crippen LogP contribution in [-0.4, -0.2) is 12.5 Å². The molecule has 1 nitrogen and oxygen atoms in total. The Morgan fingerprint density at radius 2 is 1.80 bits per heavy atom. The molecule has 1 fully saturated rings. The van der Waals surface area contributed by atoms with Gasteiger partial charge < -0.3 is 5.32 Å². The Labute approximate surface area is 94.3 Å². The van der Waals surface area contributed by atoms with E-state index in [0.29, 0.717) is 12.1 Å². The predicted octanol–water partition coefficient (Wildman–Crippen LogP) is 2.95. The first kappa shape index (κ1) is 12.4. The van der Waals surface area contributed by atoms with Gasteiger partial charge in [0, 0.05) is 13.0 Å². The minimum absolute atomic E-state index is 0. The summed E-state index contributed by atoms with van der Waals surface area (Å²) < 4.78 is 27.2. The van der Waals surface area contributed by atoms with Gasteiger partial charge in [-0.1, -0.05) is 30.3 Å². The number of halogens is 3. The van der Waals surface area contributed by atoms with Gasteiger partial charge in [-0.3, -0.25) is 0 Å². The van der Waals surface area contributed by atoms with Crippen molar-refractivity contribution in [1.29, 1.82) is 0 Å². The second kappa shape index (κ2) is 4.06. The molecule has 0 aliphatic carbocycles. The molecule has 1 N–H and O–H groups in total. The summed E-state index contributed by atoms with van der Waals surface area (Å²) in [5, 5.41) is 2.89. The van der Waals surface area contributed by atoms with Crippen LogP contribution in [0.15, 0.2) is 30.3 Å². The van der Waals surface area contributed by atoms with Crippen LogP contribution in [0.25, 0.3) is 0 Å². The average Bonchev–Trinajstić information content (AvgIpc) is 2.44. The zero-order valence-corrected chi connectivity index (χ0v) is 9.28. The summed E-state index contributed by atoms with van der Waals surface area (Å²) in [6, 6.07) is 8.89. The van der Waals surface area contributed by atoms with Gasteiger partial charge >= 0.3 is 0 Å². The molecule has 1 saturated heterocycles. The Kier molecular flexibility index (Phi) is 3.36. The Morgan fingerprint density at radius 3 is 2.27 bits per heavy atom. The van der Waals surface area contributed by atoms with E-state index in [9.17, 15) is 8.78 Å². The van der Waals surface area contributed by atoms with Gasteiger partial charge in [-0.05, 0) is 12.5 Å². The summed E-state index contributed by atoms with van der Waals surface area (Å²) in [5.41, 5.74) is -0.545. The number of rotatable bonds is 1. The molecule has 1 heterocycles. The maximum absolute atomic E-state index is 13.6. The predicted molar refractivity (Wildman–Crippen MR) is 58.6 cm³/mol. The van der Waals surface area contributed by atoms with Crippen molar-refractivity contribution >= 4 is 12.4 Å². The lowest BCUT2D eigenvalue weighted by atomic mass is 9.87. The molecule has 1 aliphatic heterocycles. The normalized spacial score (nSPS) is 28.5. The zero-order chi connectivity index (χ0) is 10.2. The number of hydrogen-bond donors (Lipinski definition) is 1. The molecular formula is C11H14ClF2N. The van der Waals surface area contributed by atoms with Gasteiger partial charge in [-0.2, -0.15) is 0 Å². The lowest BCUT2D eigenvalue weighted by molar-refractivity contribution is -0.0559. The number of hydrogen-bond acceptors (Lipinski definition) is 1. The topological polar surface area (TPSA) is 12.0 Å². The maximum Gasteiger partial charge on any atom is 0.270 e. The Morgan fingerprint density at radius 1 is 1.20 bits per heavy atom. The van der Waals surface area contributed by atoms with Crippen LogP contribution in [0.1, 0.15) is 18.9 Å². The molecule has 1 unspecified atom stereocenters. The minimum Gasteiger partial charge on any atom is -0.302 e. The molecule has 84 valence electrons. The molecule has 0 saturated carbocycles. The largest absolute Gasteiger partial charge is 0.302 e. The third-order valence-electron chi connectivity index (χ3n) is 3.00. The molecule has 2 rings (SSSR count). The van der Waals surface area contributed by atoms with Crippen LogP contribution in [0.5, 0.6) is 0 Å². The van der Waals surface area contributed by atoms with Gasteiger partial charge in [0.1, 0.15) is 5.54 Å². The van der Waals surface area contributed by atoms with Gasteiger partial charge in [-0.25, -0.2) is 8.78 Å². The van der Waals surface area contributed by atoms with E-state index in [1.165, 1.54) is 0 Å². The SMILES string of the molecule is CC1(c2ccccc2)NCCC1(F)F.Cl. The maximum atomic E-state index is 13.6. The highest BCUT2D eigenvalue weighted by molar-refractivity contribution is 5.85. The molecule has 1 aromatic carbocycles. The van der Waals surface area contributed by atoms with Crippen molar-refractivity contribution < 1.29 is 8.78 Å². The summed E-state index contributed by atoms with van der Waals surface area (Å²) in [6.07, 6.45) is -0.0849. The third-order valence-corrected chi connectivity index (χ3v) is 3.00. The Bertz CT molecular complexity index is 329. The first-order valence-electron chi connectivity index (χ1n) is 4.75. The van der Waals surface area contributed by atoms with E-state index in [2.05, 4.69) is 5.32 Å². The highest BCUT2D eigenvalue weighted by atomic mass is 35.5. The molecule has 0 aromatic heterocycles. The van der Waals surface area contributed by atoms with E-state index in [4.69, 9.17) is 0 Å². The summed E-state index contributed by atoms with van der Waals surface area (Å²) in [6.45, 7) is 1.94. The van der Waals surface area contributed by atoms with E-state index in [1.54, 1.807) is 31.2 Å². The van der Waals surface area contributed by atoms with Crippen molar-refractivity contribution in [2.24, 2.45) is 0 Å². The fraction of sp³-hybridized carbons (Fsp3) is 0.455. The molecule has 0 bridgehead atoms. The fourth-order valence-corrected chi connectivity index (χ4v) is 1.93. The molecule has 0 spiro atoms. The second-order valence-corrected chi connectivity index (χ2v) is 3.87. The molecule has 4 heteroatoms. The van der Waals surface area contributed by atoms with Crippen LogP contribution in [0.2, 0.25) is 0 Å². The van der Waals surface area contributed by atoms with Crippen molar-refractivity contribution in [2.45, 2.75) is 24.8 Å². The van der Waals surface area contributed by atoms with Gasteiger partial charge in [0.05, 0.1) is 0 Å². The van der Waals surface area contributed by atoms with Crippen LogP contribution in [0.4, 0.5) is 8.78 Å². The van der Waals surface area contributed by atoms with Crippen molar-refractivity contribution in [1.82, 2.24) is 5.32 Å². The second-order valence-electron chi connectivity index (χ2n) is 3.87. The van der Waals surface area contributed by atoms with Gasteiger partial charge in [0.2, 0.25) is 0 Å². The van der Waals surface area contributed by atoms with E-state index < -0.39 is 11.5 Å². The van der Waals surface area contributed by atoms with Crippen molar-refractivity contribution in [3.8, 4) is 0 Å². The van der Waals surface area contributed by atoms with Crippen LogP contribution in [0, 0.1) is 0 Å². The highest BCUT2D eigenvalue weighted by Gasteiger charge is 2.54. The fourth-order valence-electron chi connectivity index (χ4n) is 1.93. The molecule has 15 heavy (non-hydrogen) atoms. The molecular weight excluding hydrogens is 220 g/mol. The molecule has 1 atom stereocenters. The van der Waals surface area contributed by atoms with Crippen molar-refractivity contribution in [3.05, 3.63) is 35.9 Å². The summed E-state index contributed by atoms with van der Waals surface area (Å²) >= 11 is 0. The van der Waals surface area contributed by atoms with Crippen LogP contribution >= 0.6 is 12.4 Å². The molecule has 0 amide bonds. The van der Waals surface area contributed by atoms with E-state index >= 15 is 0 Å². The highest BCUT2D eigenvalue weighted by Crippen LogP contribution is 2.43. The first-order chi connectivity index (χ1) is 6.56. The molecule has 1 aliphatic rings. The lowest BCUT2D eigenvalue weighted by Crippen LogP contribution is -2.45. The molecule has 1 aromatic rings. The smallest absolute Gasteiger partial charge is 0.270 e. The average molecular weight is 234 g/mol.